The van der Waals surface area contributed by atoms with Crippen LogP contribution in [0.3, 0.4) is 0 Å². The van der Waals surface area contributed by atoms with E-state index in [0.717, 1.165) is 4.90 Å². The molecule has 0 bridgehead atoms. The number of nitrogens with zero attached hydrogens (tertiary/aromatic N) is 2. The van der Waals surface area contributed by atoms with Crippen LogP contribution in [0.5, 0.6) is 5.75 Å². The predicted molar refractivity (Wildman–Crippen MR) is 80.8 cm³/mol. The fourth-order valence-electron chi connectivity index (χ4n) is 2.41. The van der Waals surface area contributed by atoms with Crippen LogP contribution >= 0.6 is 0 Å². The number of esters is 1. The largest absolute Gasteiger partial charge is 0.465 e. The van der Waals surface area contributed by atoms with Crippen LogP contribution in [0.15, 0.2) is 24.3 Å². The van der Waals surface area contributed by atoms with Crippen LogP contribution in [-0.4, -0.2) is 55.1 Å². The zero-order valence-corrected chi connectivity index (χ0v) is 13.2. The summed E-state index contributed by atoms with van der Waals surface area (Å²) >= 11 is 0. The first kappa shape index (κ1) is 16.6. The number of fused-ring (bicyclic) bond motifs is 1. The topological polar surface area (TPSA) is 88.2 Å². The number of para-hydroxylation sites is 1. The lowest BCUT2D eigenvalue weighted by molar-refractivity contribution is -0.145. The Bertz CT molecular complexity index is 619. The van der Waals surface area contributed by atoms with E-state index in [1.807, 2.05) is 0 Å². The molecule has 0 aliphatic carbocycles. The van der Waals surface area contributed by atoms with Gasteiger partial charge in [0.15, 0.2) is 0 Å². The highest BCUT2D eigenvalue weighted by molar-refractivity contribution is 5.82. The quantitative estimate of drug-likeness (QED) is 0.845. The summed E-state index contributed by atoms with van der Waals surface area (Å²) in [5.41, 5.74) is 0.613. The summed E-state index contributed by atoms with van der Waals surface area (Å²) in [6, 6.07) is 6.48. The smallest absolute Gasteiger partial charge is 0.417 e. The van der Waals surface area contributed by atoms with E-state index in [4.69, 9.17) is 9.47 Å². The van der Waals surface area contributed by atoms with E-state index < -0.39 is 24.3 Å². The second-order valence-corrected chi connectivity index (χ2v) is 4.88. The van der Waals surface area contributed by atoms with Gasteiger partial charge in [0.25, 0.3) is 0 Å². The summed E-state index contributed by atoms with van der Waals surface area (Å²) in [6.45, 7) is 1.57. The van der Waals surface area contributed by atoms with Crippen LogP contribution in [0.2, 0.25) is 0 Å². The fourth-order valence-corrected chi connectivity index (χ4v) is 2.41. The highest BCUT2D eigenvalue weighted by Crippen LogP contribution is 2.36. The lowest BCUT2D eigenvalue weighted by atomic mass is 10.1. The van der Waals surface area contributed by atoms with Gasteiger partial charge in [-0.2, -0.15) is 0 Å². The SMILES string of the molecule is CCOC(=O)CN1C(=O)Oc2ccccc2C1N(C)C(=O)NC. The second-order valence-electron chi connectivity index (χ2n) is 4.88. The molecule has 1 aliphatic rings. The molecule has 1 aromatic rings. The molecule has 1 heterocycles. The molecule has 1 N–H and O–H groups in total. The molecule has 3 amide bonds. The molecule has 1 unspecified atom stereocenters. The van der Waals surface area contributed by atoms with Crippen molar-refractivity contribution in [3.63, 3.8) is 0 Å². The maximum atomic E-state index is 12.3. The summed E-state index contributed by atoms with van der Waals surface area (Å²) < 4.78 is 10.1. The van der Waals surface area contributed by atoms with Crippen LogP contribution in [0, 0.1) is 0 Å². The summed E-state index contributed by atoms with van der Waals surface area (Å²) in [5.74, 6) is -0.211. The number of benzene rings is 1. The van der Waals surface area contributed by atoms with Crippen molar-refractivity contribution in [3.8, 4) is 5.75 Å². The summed E-state index contributed by atoms with van der Waals surface area (Å²) in [4.78, 5) is 38.5. The number of amides is 3. The highest BCUT2D eigenvalue weighted by Gasteiger charge is 2.39. The molecule has 1 aromatic carbocycles. The molecule has 1 atom stereocenters. The normalized spacial score (nSPS) is 16.2. The average molecular weight is 321 g/mol. The van der Waals surface area contributed by atoms with Crippen molar-refractivity contribution in [3.05, 3.63) is 29.8 Å². The summed E-state index contributed by atoms with van der Waals surface area (Å²) in [7, 11) is 3.03. The molecule has 0 saturated carbocycles. The van der Waals surface area contributed by atoms with Gasteiger partial charge in [0.2, 0.25) is 0 Å². The molecule has 0 saturated heterocycles. The van der Waals surface area contributed by atoms with Gasteiger partial charge in [0.05, 0.1) is 6.61 Å². The van der Waals surface area contributed by atoms with Crippen molar-refractivity contribution in [2.45, 2.75) is 13.1 Å². The lowest BCUT2D eigenvalue weighted by Crippen LogP contribution is -2.52. The van der Waals surface area contributed by atoms with Gasteiger partial charge in [0.1, 0.15) is 18.5 Å². The van der Waals surface area contributed by atoms with Crippen LogP contribution < -0.4 is 10.1 Å². The second kappa shape index (κ2) is 6.99. The van der Waals surface area contributed by atoms with E-state index in [2.05, 4.69) is 5.32 Å². The number of hydrogen-bond donors (Lipinski definition) is 1. The van der Waals surface area contributed by atoms with Gasteiger partial charge < -0.3 is 19.7 Å². The van der Waals surface area contributed by atoms with Crippen LogP contribution in [0.25, 0.3) is 0 Å². The molecule has 124 valence electrons. The van der Waals surface area contributed by atoms with E-state index in [0.29, 0.717) is 11.3 Å². The minimum absolute atomic E-state index is 0.203. The van der Waals surface area contributed by atoms with E-state index >= 15 is 0 Å². The van der Waals surface area contributed by atoms with E-state index in [1.54, 1.807) is 31.2 Å². The van der Waals surface area contributed by atoms with Crippen LogP contribution in [-0.2, 0) is 9.53 Å². The third-order valence-electron chi connectivity index (χ3n) is 3.43. The van der Waals surface area contributed by atoms with Crippen LogP contribution in [0.4, 0.5) is 9.59 Å². The Morgan fingerprint density at radius 1 is 1.39 bits per heavy atom. The molecular weight excluding hydrogens is 302 g/mol. The van der Waals surface area contributed by atoms with Gasteiger partial charge >= 0.3 is 18.1 Å². The van der Waals surface area contributed by atoms with Crippen molar-refractivity contribution >= 4 is 18.1 Å². The summed E-state index contributed by atoms with van der Waals surface area (Å²) in [5, 5.41) is 2.50. The first-order valence-electron chi connectivity index (χ1n) is 7.17. The van der Waals surface area contributed by atoms with Gasteiger partial charge in [-0.05, 0) is 13.0 Å². The minimum atomic E-state index is -0.767. The maximum absolute atomic E-state index is 12.3. The van der Waals surface area contributed by atoms with Crippen LogP contribution in [0.1, 0.15) is 18.7 Å². The first-order chi connectivity index (χ1) is 11.0. The zero-order chi connectivity index (χ0) is 17.0. The fraction of sp³-hybridized carbons (Fsp3) is 0.400. The Morgan fingerprint density at radius 2 is 2.09 bits per heavy atom. The Kier molecular flexibility index (Phi) is 5.05. The molecule has 0 spiro atoms. The molecule has 8 heteroatoms. The maximum Gasteiger partial charge on any atom is 0.417 e. The number of carbonyl (C=O) groups excluding carboxylic acids is 3. The number of hydrogen-bond acceptors (Lipinski definition) is 5. The Hall–Kier alpha value is -2.77. The van der Waals surface area contributed by atoms with Gasteiger partial charge in [-0.3, -0.25) is 9.69 Å². The van der Waals surface area contributed by atoms with E-state index in [-0.39, 0.29) is 13.2 Å². The molecule has 2 rings (SSSR count). The minimum Gasteiger partial charge on any atom is -0.465 e. The van der Waals surface area contributed by atoms with Gasteiger partial charge in [0, 0.05) is 19.7 Å². The summed E-state index contributed by atoms with van der Waals surface area (Å²) in [6.07, 6.45) is -1.48. The standard InChI is InChI=1S/C15H19N3O5/c1-4-22-12(19)9-18-13(17(3)14(20)16-2)10-7-5-6-8-11(10)23-15(18)21/h5-8,13H,4,9H2,1-3H3,(H,16,20). The monoisotopic (exact) mass is 321 g/mol. The van der Waals surface area contributed by atoms with Crippen molar-refractivity contribution < 1.29 is 23.9 Å². The molecule has 0 aromatic heterocycles. The lowest BCUT2D eigenvalue weighted by Gasteiger charge is -2.40. The van der Waals surface area contributed by atoms with Gasteiger partial charge in [-0.15, -0.1) is 0 Å². The van der Waals surface area contributed by atoms with Crippen molar-refractivity contribution in [1.82, 2.24) is 15.1 Å². The molecule has 0 fully saturated rings. The van der Waals surface area contributed by atoms with Crippen molar-refractivity contribution in [2.24, 2.45) is 0 Å². The van der Waals surface area contributed by atoms with Crippen molar-refractivity contribution in [1.29, 1.82) is 0 Å². The number of nitrogens with one attached hydrogen (secondary N) is 1. The molecule has 0 radical (unpaired) electrons. The molecule has 8 nitrogen and oxygen atoms in total. The van der Waals surface area contributed by atoms with Gasteiger partial charge in [-0.25, -0.2) is 9.59 Å². The Labute approximate surface area is 133 Å². The third kappa shape index (κ3) is 3.36. The number of urea groups is 1. The van der Waals surface area contributed by atoms with Gasteiger partial charge in [-0.1, -0.05) is 18.2 Å². The predicted octanol–water partition coefficient (Wildman–Crippen LogP) is 1.33. The number of carbonyl (C=O) groups is 3. The first-order valence-corrected chi connectivity index (χ1v) is 7.17. The van der Waals surface area contributed by atoms with E-state index in [9.17, 15) is 14.4 Å². The zero-order valence-electron chi connectivity index (χ0n) is 13.2. The Balaban J connectivity index is 2.40. The Morgan fingerprint density at radius 3 is 2.74 bits per heavy atom. The van der Waals surface area contributed by atoms with E-state index in [1.165, 1.54) is 19.0 Å². The number of rotatable bonds is 4. The van der Waals surface area contributed by atoms with Crippen molar-refractivity contribution in [2.75, 3.05) is 27.2 Å². The average Bonchev–Trinajstić information content (AvgIpc) is 2.54. The highest BCUT2D eigenvalue weighted by atomic mass is 16.6. The molecular formula is C15H19N3O5. The third-order valence-corrected chi connectivity index (χ3v) is 3.43. The number of ether oxygens (including phenoxy) is 2. The molecule has 23 heavy (non-hydrogen) atoms. The molecule has 1 aliphatic heterocycles.